The highest BCUT2D eigenvalue weighted by Gasteiger charge is 2.40. The maximum Gasteiger partial charge on any atom is 0.253 e. The van der Waals surface area contributed by atoms with E-state index in [9.17, 15) is 14.9 Å². The Kier molecular flexibility index (Phi) is 5.35. The normalized spacial score (nSPS) is 14.4. The van der Waals surface area contributed by atoms with Crippen LogP contribution in [-0.4, -0.2) is 41.1 Å². The smallest absolute Gasteiger partial charge is 0.253 e. The minimum Gasteiger partial charge on any atom is -0.374 e. The number of rotatable bonds is 6. The SMILES string of the molecule is Cc1cccc(-c2csc(NC(=O)CNC(=O)c3ccn(C4(C#N)COC4)c3)n2)c1. The first kappa shape index (κ1) is 19.8. The van der Waals surface area contributed by atoms with Crippen LogP contribution in [0, 0.1) is 18.3 Å². The third-order valence-corrected chi connectivity index (χ3v) is 5.57. The number of nitrogens with zero attached hydrogens (tertiary/aromatic N) is 3. The molecule has 3 aromatic rings. The molecule has 1 saturated heterocycles. The molecule has 30 heavy (non-hydrogen) atoms. The molecule has 9 heteroatoms. The van der Waals surface area contributed by atoms with Gasteiger partial charge in [-0.2, -0.15) is 5.26 Å². The number of benzene rings is 1. The molecule has 0 spiro atoms. The number of carbonyl (C=O) groups excluding carboxylic acids is 2. The van der Waals surface area contributed by atoms with E-state index in [0.29, 0.717) is 23.9 Å². The molecule has 0 radical (unpaired) electrons. The molecule has 2 N–H and O–H groups in total. The highest BCUT2D eigenvalue weighted by molar-refractivity contribution is 7.14. The van der Waals surface area contributed by atoms with Crippen LogP contribution in [0.3, 0.4) is 0 Å². The molecule has 1 aliphatic rings. The molecular weight excluding hydrogens is 402 g/mol. The fourth-order valence-corrected chi connectivity index (χ4v) is 3.79. The van der Waals surface area contributed by atoms with Crippen LogP contribution < -0.4 is 10.6 Å². The van der Waals surface area contributed by atoms with E-state index in [4.69, 9.17) is 4.74 Å². The van der Waals surface area contributed by atoms with Crippen molar-refractivity contribution in [1.82, 2.24) is 14.9 Å². The predicted octanol–water partition coefficient (Wildman–Crippen LogP) is 2.54. The number of anilines is 1. The van der Waals surface area contributed by atoms with Crippen molar-refractivity contribution in [2.75, 3.05) is 25.1 Å². The van der Waals surface area contributed by atoms with Gasteiger partial charge in [0.2, 0.25) is 5.91 Å². The van der Waals surface area contributed by atoms with Crippen LogP contribution in [0.15, 0.2) is 48.1 Å². The van der Waals surface area contributed by atoms with E-state index < -0.39 is 11.4 Å². The van der Waals surface area contributed by atoms with Crippen molar-refractivity contribution >= 4 is 28.3 Å². The van der Waals surface area contributed by atoms with Gasteiger partial charge in [-0.25, -0.2) is 4.98 Å². The number of nitriles is 1. The number of hydrogen-bond donors (Lipinski definition) is 2. The average molecular weight is 421 g/mol. The van der Waals surface area contributed by atoms with Crippen molar-refractivity contribution in [2.45, 2.75) is 12.5 Å². The van der Waals surface area contributed by atoms with Crippen molar-refractivity contribution in [1.29, 1.82) is 5.26 Å². The van der Waals surface area contributed by atoms with Crippen LogP contribution in [0.25, 0.3) is 11.3 Å². The molecule has 8 nitrogen and oxygen atoms in total. The van der Waals surface area contributed by atoms with Gasteiger partial charge in [-0.05, 0) is 19.1 Å². The van der Waals surface area contributed by atoms with Crippen molar-refractivity contribution < 1.29 is 14.3 Å². The summed E-state index contributed by atoms with van der Waals surface area (Å²) in [5.41, 5.74) is 2.52. The molecule has 3 heterocycles. The Labute approximate surface area is 177 Å². The third kappa shape index (κ3) is 3.96. The topological polar surface area (TPSA) is 109 Å². The Bertz CT molecular complexity index is 1140. The van der Waals surface area contributed by atoms with Crippen LogP contribution in [0.1, 0.15) is 15.9 Å². The summed E-state index contributed by atoms with van der Waals surface area (Å²) in [7, 11) is 0. The molecule has 0 unspecified atom stereocenters. The highest BCUT2D eigenvalue weighted by atomic mass is 32.1. The molecule has 1 aliphatic heterocycles. The lowest BCUT2D eigenvalue weighted by Crippen LogP contribution is -2.50. The first-order valence-corrected chi connectivity index (χ1v) is 10.2. The zero-order valence-electron chi connectivity index (χ0n) is 16.2. The summed E-state index contributed by atoms with van der Waals surface area (Å²) in [6.45, 7) is 2.41. The van der Waals surface area contributed by atoms with Crippen molar-refractivity contribution in [2.24, 2.45) is 0 Å². The number of hydrogen-bond acceptors (Lipinski definition) is 6. The number of aryl methyl sites for hydroxylation is 1. The number of aromatic nitrogens is 2. The van der Waals surface area contributed by atoms with Crippen LogP contribution in [0.4, 0.5) is 5.13 Å². The number of thiazole rings is 1. The lowest BCUT2D eigenvalue weighted by atomic mass is 10.00. The number of carbonyl (C=O) groups is 2. The first-order valence-electron chi connectivity index (χ1n) is 9.27. The monoisotopic (exact) mass is 421 g/mol. The van der Waals surface area contributed by atoms with E-state index in [-0.39, 0.29) is 12.5 Å². The zero-order chi connectivity index (χ0) is 21.1. The van der Waals surface area contributed by atoms with E-state index in [0.717, 1.165) is 16.8 Å². The minimum atomic E-state index is -0.754. The Morgan fingerprint density at radius 2 is 2.20 bits per heavy atom. The van der Waals surface area contributed by atoms with Crippen molar-refractivity contribution in [3.8, 4) is 17.3 Å². The van der Waals surface area contributed by atoms with E-state index in [1.807, 2.05) is 36.6 Å². The standard InChI is InChI=1S/C21H19N5O3S/c1-14-3-2-4-15(7-14)17-10-30-20(24-17)25-18(27)8-23-19(28)16-5-6-26(9-16)21(11-22)12-29-13-21/h2-7,9-10H,8,12-13H2,1H3,(H,23,28)(H,24,25,27). The number of ether oxygens (including phenoxy) is 1. The van der Waals surface area contributed by atoms with Gasteiger partial charge in [0.1, 0.15) is 0 Å². The molecule has 0 aliphatic carbocycles. The predicted molar refractivity (Wildman–Crippen MR) is 112 cm³/mol. The second-order valence-electron chi connectivity index (χ2n) is 7.08. The number of amides is 2. The Hall–Kier alpha value is -3.48. The lowest BCUT2D eigenvalue weighted by molar-refractivity contribution is -0.115. The molecule has 0 bridgehead atoms. The molecule has 2 aromatic heterocycles. The van der Waals surface area contributed by atoms with Crippen LogP contribution >= 0.6 is 11.3 Å². The third-order valence-electron chi connectivity index (χ3n) is 4.81. The van der Waals surface area contributed by atoms with E-state index in [2.05, 4.69) is 21.7 Å². The zero-order valence-corrected chi connectivity index (χ0v) is 17.0. The van der Waals surface area contributed by atoms with Gasteiger partial charge in [0, 0.05) is 23.3 Å². The summed E-state index contributed by atoms with van der Waals surface area (Å²) in [6, 6.07) is 11.8. The quantitative estimate of drug-likeness (QED) is 0.636. The van der Waals surface area contributed by atoms with Gasteiger partial charge in [0.05, 0.1) is 37.1 Å². The largest absolute Gasteiger partial charge is 0.374 e. The Morgan fingerprint density at radius 1 is 1.37 bits per heavy atom. The van der Waals surface area contributed by atoms with Gasteiger partial charge in [0.15, 0.2) is 10.7 Å². The summed E-state index contributed by atoms with van der Waals surface area (Å²) in [6.07, 6.45) is 3.26. The van der Waals surface area contributed by atoms with Gasteiger partial charge in [-0.1, -0.05) is 23.8 Å². The highest BCUT2D eigenvalue weighted by Crippen LogP contribution is 2.27. The van der Waals surface area contributed by atoms with Crippen molar-refractivity contribution in [3.05, 3.63) is 59.2 Å². The molecule has 2 amide bonds. The first-order chi connectivity index (χ1) is 14.5. The van der Waals surface area contributed by atoms with Crippen molar-refractivity contribution in [3.63, 3.8) is 0 Å². The van der Waals surface area contributed by atoms with Gasteiger partial charge in [0.25, 0.3) is 5.91 Å². The van der Waals surface area contributed by atoms with Crippen LogP contribution in [0.2, 0.25) is 0 Å². The summed E-state index contributed by atoms with van der Waals surface area (Å²) in [5.74, 6) is -0.759. The van der Waals surface area contributed by atoms with Crippen LogP contribution in [-0.2, 0) is 15.1 Å². The van der Waals surface area contributed by atoms with E-state index in [1.54, 1.807) is 23.0 Å². The second-order valence-corrected chi connectivity index (χ2v) is 7.94. The maximum atomic E-state index is 12.3. The van der Waals surface area contributed by atoms with E-state index >= 15 is 0 Å². The molecular formula is C21H19N5O3S. The molecule has 0 atom stereocenters. The molecule has 1 aromatic carbocycles. The van der Waals surface area contributed by atoms with Gasteiger partial charge < -0.3 is 19.9 Å². The summed E-state index contributed by atoms with van der Waals surface area (Å²) in [5, 5.41) is 17.0. The molecule has 0 saturated carbocycles. The fourth-order valence-electron chi connectivity index (χ4n) is 3.06. The summed E-state index contributed by atoms with van der Waals surface area (Å²) in [4.78, 5) is 28.9. The second kappa shape index (κ2) is 8.10. The molecule has 152 valence electrons. The fraction of sp³-hybridized carbons (Fsp3) is 0.238. The average Bonchev–Trinajstić information content (AvgIpc) is 3.36. The van der Waals surface area contributed by atoms with Gasteiger partial charge >= 0.3 is 0 Å². The van der Waals surface area contributed by atoms with Crippen LogP contribution in [0.5, 0.6) is 0 Å². The summed E-state index contributed by atoms with van der Waals surface area (Å²) < 4.78 is 6.80. The maximum absolute atomic E-state index is 12.3. The molecule has 4 rings (SSSR count). The van der Waals surface area contributed by atoms with E-state index in [1.165, 1.54) is 11.3 Å². The lowest BCUT2D eigenvalue weighted by Gasteiger charge is -2.36. The Balaban J connectivity index is 1.32. The number of nitrogens with one attached hydrogen (secondary N) is 2. The van der Waals surface area contributed by atoms with Gasteiger partial charge in [-0.15, -0.1) is 11.3 Å². The molecule has 1 fully saturated rings. The Morgan fingerprint density at radius 3 is 2.90 bits per heavy atom. The van der Waals surface area contributed by atoms with Gasteiger partial charge in [-0.3, -0.25) is 9.59 Å². The minimum absolute atomic E-state index is 0.185. The summed E-state index contributed by atoms with van der Waals surface area (Å²) >= 11 is 1.33.